The molecule has 0 bridgehead atoms. The highest BCUT2D eigenvalue weighted by Crippen LogP contribution is 2.53. The maximum atomic E-state index is 3.91. The molecule has 2 aromatic carbocycles. The number of fused-ring (bicyclic) bond motifs is 3. The van der Waals surface area contributed by atoms with Crippen molar-refractivity contribution in [3.63, 3.8) is 0 Å². The fourth-order valence-corrected chi connectivity index (χ4v) is 4.33. The van der Waals surface area contributed by atoms with Crippen molar-refractivity contribution in [3.8, 4) is 11.1 Å². The van der Waals surface area contributed by atoms with Gasteiger partial charge in [0, 0.05) is 5.41 Å². The van der Waals surface area contributed by atoms with Gasteiger partial charge in [-0.15, -0.1) is 13.2 Å². The fraction of sp³-hybridized carbons (Fsp3) is 0.304. The lowest BCUT2D eigenvalue weighted by molar-refractivity contribution is 0.422. The summed E-state index contributed by atoms with van der Waals surface area (Å²) in [6.45, 7) is 7.82. The topological polar surface area (TPSA) is 0 Å². The Labute approximate surface area is 147 Å². The van der Waals surface area contributed by atoms with E-state index < -0.39 is 0 Å². The first-order valence-electron chi connectivity index (χ1n) is 9.16. The molecule has 1 aliphatic carbocycles. The van der Waals surface area contributed by atoms with Gasteiger partial charge < -0.3 is 0 Å². The summed E-state index contributed by atoms with van der Waals surface area (Å²) < 4.78 is 0. The van der Waals surface area contributed by atoms with Gasteiger partial charge in [-0.25, -0.2) is 0 Å². The van der Waals surface area contributed by atoms with Crippen LogP contribution < -0.4 is 5.46 Å². The highest BCUT2D eigenvalue weighted by molar-refractivity contribution is 6.32. The highest BCUT2D eigenvalue weighted by Gasteiger charge is 2.41. The molecule has 0 N–H and O–H groups in total. The van der Waals surface area contributed by atoms with E-state index in [9.17, 15) is 0 Å². The van der Waals surface area contributed by atoms with Crippen molar-refractivity contribution < 1.29 is 0 Å². The molecule has 0 amide bonds. The van der Waals surface area contributed by atoms with Crippen LogP contribution in [0.4, 0.5) is 0 Å². The van der Waals surface area contributed by atoms with Crippen LogP contribution >= 0.6 is 0 Å². The molecule has 0 unspecified atom stereocenters. The van der Waals surface area contributed by atoms with Gasteiger partial charge in [-0.3, -0.25) is 0 Å². The molecule has 1 heteroatoms. The smallest absolute Gasteiger partial charge is 0.103 e. The minimum Gasteiger partial charge on any atom is -0.103 e. The third-order valence-electron chi connectivity index (χ3n) is 5.45. The summed E-state index contributed by atoms with van der Waals surface area (Å²) in [5.74, 6) is 0. The van der Waals surface area contributed by atoms with E-state index in [2.05, 4.69) is 75.6 Å². The van der Waals surface area contributed by atoms with Crippen LogP contribution in [0, 0.1) is 0 Å². The Morgan fingerprint density at radius 1 is 0.833 bits per heavy atom. The maximum absolute atomic E-state index is 3.91. The first-order valence-corrected chi connectivity index (χ1v) is 9.16. The summed E-state index contributed by atoms with van der Waals surface area (Å²) in [7, 11) is 2.21. The molecule has 0 heterocycles. The summed E-state index contributed by atoms with van der Waals surface area (Å²) in [6, 6.07) is 16.0. The normalized spacial score (nSPS) is 14.0. The third kappa shape index (κ3) is 2.88. The summed E-state index contributed by atoms with van der Waals surface area (Å²) >= 11 is 0. The predicted octanol–water partition coefficient (Wildman–Crippen LogP) is 4.92. The van der Waals surface area contributed by atoms with E-state index in [1.807, 2.05) is 0 Å². The first-order chi connectivity index (χ1) is 11.7. The Balaban J connectivity index is 2.12. The number of benzene rings is 2. The van der Waals surface area contributed by atoms with Crippen molar-refractivity contribution in [2.75, 3.05) is 0 Å². The Bertz CT molecular complexity index is 727. The zero-order chi connectivity index (χ0) is 17.0. The molecule has 3 rings (SSSR count). The molecule has 0 aliphatic heterocycles. The number of hydrogen-bond donors (Lipinski definition) is 0. The molecular formula is C23H27B. The van der Waals surface area contributed by atoms with Gasteiger partial charge >= 0.3 is 0 Å². The van der Waals surface area contributed by atoms with Crippen LogP contribution in [0.3, 0.4) is 0 Å². The first kappa shape index (κ1) is 16.8. The molecule has 0 spiro atoms. The van der Waals surface area contributed by atoms with E-state index in [4.69, 9.17) is 0 Å². The van der Waals surface area contributed by atoms with Gasteiger partial charge in [0.15, 0.2) is 0 Å². The van der Waals surface area contributed by atoms with E-state index >= 15 is 0 Å². The zero-order valence-corrected chi connectivity index (χ0v) is 14.9. The van der Waals surface area contributed by atoms with Crippen molar-refractivity contribution in [3.05, 3.63) is 78.9 Å². The second kappa shape index (κ2) is 7.26. The predicted molar refractivity (Wildman–Crippen MR) is 109 cm³/mol. The molecule has 122 valence electrons. The minimum absolute atomic E-state index is 0.157. The monoisotopic (exact) mass is 314 g/mol. The number of allylic oxidation sites excluding steroid dienone is 2. The van der Waals surface area contributed by atoms with Gasteiger partial charge in [-0.1, -0.05) is 60.1 Å². The summed E-state index contributed by atoms with van der Waals surface area (Å²) in [6.07, 6.45) is 11.1. The van der Waals surface area contributed by atoms with Crippen molar-refractivity contribution in [1.82, 2.24) is 0 Å². The average Bonchev–Trinajstić information content (AvgIpc) is 2.86. The largest absolute Gasteiger partial charge is 0.139 e. The van der Waals surface area contributed by atoms with Gasteiger partial charge in [-0.05, 0) is 60.8 Å². The zero-order valence-electron chi connectivity index (χ0n) is 14.9. The van der Waals surface area contributed by atoms with E-state index in [1.165, 1.54) is 53.4 Å². The summed E-state index contributed by atoms with van der Waals surface area (Å²) in [4.78, 5) is 0. The molecule has 0 saturated carbocycles. The molecule has 0 nitrogen and oxygen atoms in total. The van der Waals surface area contributed by atoms with Gasteiger partial charge in [-0.2, -0.15) is 0 Å². The van der Waals surface area contributed by atoms with Crippen LogP contribution in [0.2, 0.25) is 0 Å². The highest BCUT2D eigenvalue weighted by atomic mass is 14.4. The number of rotatable bonds is 8. The molecule has 24 heavy (non-hydrogen) atoms. The lowest BCUT2D eigenvalue weighted by Crippen LogP contribution is -2.26. The van der Waals surface area contributed by atoms with Gasteiger partial charge in [0.25, 0.3) is 0 Å². The summed E-state index contributed by atoms with van der Waals surface area (Å²) in [5.41, 5.74) is 7.45. The molecular weight excluding hydrogens is 287 g/mol. The van der Waals surface area contributed by atoms with Crippen LogP contribution in [0.15, 0.2) is 67.8 Å². The quantitative estimate of drug-likeness (QED) is 0.368. The second-order valence-electron chi connectivity index (χ2n) is 7.04. The van der Waals surface area contributed by atoms with Crippen LogP contribution in [-0.4, -0.2) is 7.85 Å². The fourth-order valence-electron chi connectivity index (χ4n) is 4.33. The van der Waals surface area contributed by atoms with Crippen molar-refractivity contribution in [2.45, 2.75) is 43.9 Å². The van der Waals surface area contributed by atoms with Crippen LogP contribution in [0.25, 0.3) is 11.1 Å². The molecule has 0 saturated heterocycles. The maximum Gasteiger partial charge on any atom is 0.139 e. The molecule has 0 aromatic heterocycles. The lowest BCUT2D eigenvalue weighted by Gasteiger charge is -2.33. The van der Waals surface area contributed by atoms with E-state index in [1.54, 1.807) is 0 Å². The van der Waals surface area contributed by atoms with Crippen LogP contribution in [0.5, 0.6) is 0 Å². The Morgan fingerprint density at radius 2 is 1.46 bits per heavy atom. The Hall–Kier alpha value is -2.02. The molecule has 0 radical (unpaired) electrons. The van der Waals surface area contributed by atoms with Gasteiger partial charge in [0.1, 0.15) is 7.85 Å². The van der Waals surface area contributed by atoms with E-state index in [-0.39, 0.29) is 5.41 Å². The van der Waals surface area contributed by atoms with Crippen molar-refractivity contribution >= 4 is 13.3 Å². The molecule has 2 aromatic rings. The standard InChI is InChI=1S/C23H27B/c1-3-5-9-15-23(16-10-6-4-2)21-12-8-7-11-19(21)20-14-13-18(24)17-22(20)23/h3-4,7-8,11-14,17H,1-2,5-6,9-10,15-16,24H2. The SMILES string of the molecule is Bc1ccc2c(c1)C(CCCC=C)(CCCC=C)c1ccccc1-2. The van der Waals surface area contributed by atoms with Crippen molar-refractivity contribution in [2.24, 2.45) is 0 Å². The van der Waals surface area contributed by atoms with Crippen LogP contribution in [-0.2, 0) is 5.41 Å². The molecule has 1 aliphatic rings. The second-order valence-corrected chi connectivity index (χ2v) is 7.04. The lowest BCUT2D eigenvalue weighted by atomic mass is 9.70. The Morgan fingerprint density at radius 3 is 2.12 bits per heavy atom. The minimum atomic E-state index is 0.157. The third-order valence-corrected chi connectivity index (χ3v) is 5.45. The van der Waals surface area contributed by atoms with E-state index in [0.29, 0.717) is 0 Å². The molecule has 0 fully saturated rings. The number of hydrogen-bond acceptors (Lipinski definition) is 0. The van der Waals surface area contributed by atoms with Gasteiger partial charge in [0.2, 0.25) is 0 Å². The average molecular weight is 314 g/mol. The number of unbranched alkanes of at least 4 members (excludes halogenated alkanes) is 2. The van der Waals surface area contributed by atoms with Gasteiger partial charge in [0.05, 0.1) is 0 Å². The van der Waals surface area contributed by atoms with E-state index in [0.717, 1.165) is 12.8 Å². The molecule has 0 atom stereocenters. The Kier molecular flexibility index (Phi) is 5.09. The van der Waals surface area contributed by atoms with Crippen molar-refractivity contribution in [1.29, 1.82) is 0 Å². The summed E-state index contributed by atoms with van der Waals surface area (Å²) in [5, 5.41) is 0. The van der Waals surface area contributed by atoms with Crippen LogP contribution in [0.1, 0.15) is 49.7 Å².